The monoisotopic (exact) mass is 500 g/mol. The number of benzene rings is 2. The summed E-state index contributed by atoms with van der Waals surface area (Å²) in [5, 5.41) is 13.7. The number of carbonyl (C=O) groups excluding carboxylic acids is 1. The van der Waals surface area contributed by atoms with Crippen molar-refractivity contribution in [3.05, 3.63) is 58.7 Å². The number of nitrogens with zero attached hydrogens (tertiary/aromatic N) is 3. The number of rotatable bonds is 6. The van der Waals surface area contributed by atoms with Crippen molar-refractivity contribution < 1.29 is 23.1 Å². The highest BCUT2D eigenvalue weighted by molar-refractivity contribution is 6.10. The Kier molecular flexibility index (Phi) is 6.06. The second kappa shape index (κ2) is 8.44. The van der Waals surface area contributed by atoms with Gasteiger partial charge in [-0.15, -0.1) is 0 Å². The van der Waals surface area contributed by atoms with Crippen LogP contribution in [0.5, 0.6) is 0 Å². The van der Waals surface area contributed by atoms with Crippen molar-refractivity contribution >= 4 is 28.3 Å². The van der Waals surface area contributed by atoms with E-state index >= 15 is 4.39 Å². The first kappa shape index (κ1) is 25.9. The maximum Gasteiger partial charge on any atom is 0.303 e. The summed E-state index contributed by atoms with van der Waals surface area (Å²) < 4.78 is 44.9. The Morgan fingerprint density at radius 1 is 1.19 bits per heavy atom. The lowest BCUT2D eigenvalue weighted by molar-refractivity contribution is -0.170. The van der Waals surface area contributed by atoms with Crippen LogP contribution in [0.25, 0.3) is 10.9 Å². The molecular weight excluding hydrogens is 469 g/mol. The van der Waals surface area contributed by atoms with Gasteiger partial charge < -0.3 is 15.3 Å². The zero-order chi connectivity index (χ0) is 26.8. The van der Waals surface area contributed by atoms with Gasteiger partial charge in [0.2, 0.25) is 5.91 Å². The van der Waals surface area contributed by atoms with Crippen LogP contribution in [0.2, 0.25) is 0 Å². The molecule has 2 aromatic carbocycles. The number of hydrogen-bond donors (Lipinski definition) is 2. The Labute approximate surface area is 208 Å². The number of likely N-dealkylation sites (N-methyl/N-ethyl adjacent to an activating group) is 1. The summed E-state index contributed by atoms with van der Waals surface area (Å²) >= 11 is 0. The molecule has 0 spiro atoms. The Bertz CT molecular complexity index is 1370. The molecule has 0 saturated carbocycles. The Morgan fingerprint density at radius 3 is 2.47 bits per heavy atom. The van der Waals surface area contributed by atoms with Crippen LogP contribution in [-0.2, 0) is 16.1 Å². The van der Waals surface area contributed by atoms with Gasteiger partial charge in [0.05, 0.1) is 22.5 Å². The fourth-order valence-electron chi connectivity index (χ4n) is 4.73. The minimum atomic E-state index is -3.80. The number of aromatic nitrogens is 2. The molecule has 2 N–H and O–H groups in total. The molecule has 6 nitrogen and oxygen atoms in total. The molecule has 2 heterocycles. The van der Waals surface area contributed by atoms with Crippen molar-refractivity contribution in [2.45, 2.75) is 71.4 Å². The van der Waals surface area contributed by atoms with Crippen LogP contribution in [0.1, 0.15) is 70.1 Å². The van der Waals surface area contributed by atoms with E-state index in [4.69, 9.17) is 0 Å². The molecule has 0 unspecified atom stereocenters. The summed E-state index contributed by atoms with van der Waals surface area (Å²) in [6, 6.07) is 6.74. The maximum atomic E-state index is 15.3. The number of fused-ring (bicyclic) bond motifs is 2. The van der Waals surface area contributed by atoms with Crippen LogP contribution < -0.4 is 10.2 Å². The van der Waals surface area contributed by atoms with Crippen LogP contribution in [0.15, 0.2) is 30.3 Å². The zero-order valence-corrected chi connectivity index (χ0v) is 21.5. The van der Waals surface area contributed by atoms with Gasteiger partial charge >= 0.3 is 5.92 Å². The molecule has 0 radical (unpaired) electrons. The lowest BCUT2D eigenvalue weighted by atomic mass is 9.85. The number of hydrogen-bond acceptors (Lipinski definition) is 5. The van der Waals surface area contributed by atoms with E-state index in [1.54, 1.807) is 18.7 Å². The highest BCUT2D eigenvalue weighted by atomic mass is 19.3. The highest BCUT2D eigenvalue weighted by Crippen LogP contribution is 2.45. The normalized spacial score (nSPS) is 16.4. The Morgan fingerprint density at radius 2 is 1.86 bits per heavy atom. The fourth-order valence-corrected chi connectivity index (χ4v) is 4.73. The van der Waals surface area contributed by atoms with Crippen molar-refractivity contribution in [2.24, 2.45) is 0 Å². The quantitative estimate of drug-likeness (QED) is 0.450. The zero-order valence-electron chi connectivity index (χ0n) is 21.5. The summed E-state index contributed by atoms with van der Waals surface area (Å²) in [5.41, 5.74) is -1.75. The fraction of sp³-hybridized carbons (Fsp3) is 0.444. The van der Waals surface area contributed by atoms with Crippen LogP contribution in [0.4, 0.5) is 24.7 Å². The summed E-state index contributed by atoms with van der Waals surface area (Å²) in [5.74, 6) is -4.02. The van der Waals surface area contributed by atoms with E-state index in [0.29, 0.717) is 29.1 Å². The first-order valence-corrected chi connectivity index (χ1v) is 11.9. The van der Waals surface area contributed by atoms with E-state index < -0.39 is 34.4 Å². The molecular formula is C27H31F3N4O2. The maximum absolute atomic E-state index is 15.3. The van der Waals surface area contributed by atoms with Gasteiger partial charge in [-0.05, 0) is 72.2 Å². The predicted molar refractivity (Wildman–Crippen MR) is 134 cm³/mol. The van der Waals surface area contributed by atoms with Gasteiger partial charge in [-0.1, -0.05) is 12.1 Å². The van der Waals surface area contributed by atoms with E-state index in [-0.39, 0.29) is 11.5 Å². The van der Waals surface area contributed by atoms with Gasteiger partial charge in [-0.3, -0.25) is 4.79 Å². The Balaban J connectivity index is 1.80. The van der Waals surface area contributed by atoms with Gasteiger partial charge in [-0.25, -0.2) is 14.4 Å². The molecule has 1 atom stereocenters. The second-order valence-corrected chi connectivity index (χ2v) is 10.4. The van der Waals surface area contributed by atoms with Crippen LogP contribution in [0.3, 0.4) is 0 Å². The van der Waals surface area contributed by atoms with E-state index in [0.717, 1.165) is 31.2 Å². The van der Waals surface area contributed by atoms with Crippen molar-refractivity contribution in [1.29, 1.82) is 0 Å². The number of carbonyl (C=O) groups is 1. The van der Waals surface area contributed by atoms with Crippen molar-refractivity contribution in [2.75, 3.05) is 16.8 Å². The first-order chi connectivity index (χ1) is 16.6. The van der Waals surface area contributed by atoms with E-state index in [1.165, 1.54) is 12.1 Å². The standard InChI is InChI=1S/C27H31F3N4O2/c1-8-34-21-12-17-20(13-19(21)25(4,5)24(34)35)32-15(3)33-23(17)31-14(2)16-10-9-11-18(22(16)28)27(29,30)26(6,7)36/h9-14,36H,8H2,1-7H3,(H,31,32,33)/t14-/m1/s1. The van der Waals surface area contributed by atoms with Gasteiger partial charge in [0.15, 0.2) is 0 Å². The number of aliphatic hydroxyl groups is 1. The van der Waals surface area contributed by atoms with Gasteiger partial charge in [0.1, 0.15) is 23.1 Å². The summed E-state index contributed by atoms with van der Waals surface area (Å²) in [6.45, 7) is 11.4. The largest absolute Gasteiger partial charge is 0.384 e. The van der Waals surface area contributed by atoms with Crippen molar-refractivity contribution in [1.82, 2.24) is 9.97 Å². The number of alkyl halides is 2. The van der Waals surface area contributed by atoms with Crippen LogP contribution >= 0.6 is 0 Å². The molecule has 1 aliphatic heterocycles. The number of amides is 1. The van der Waals surface area contributed by atoms with Crippen LogP contribution in [0, 0.1) is 12.7 Å². The van der Waals surface area contributed by atoms with Gasteiger partial charge in [-0.2, -0.15) is 8.78 Å². The summed E-state index contributed by atoms with van der Waals surface area (Å²) in [6.07, 6.45) is 0. The SMILES string of the molecule is CCN1C(=O)C(C)(C)c2cc3nc(C)nc(N[C@H](C)c4cccc(C(F)(F)C(C)(C)O)c4F)c3cc21. The number of aryl methyl sites for hydroxylation is 1. The first-order valence-electron chi connectivity index (χ1n) is 11.9. The van der Waals surface area contributed by atoms with Gasteiger partial charge in [0, 0.05) is 23.2 Å². The number of nitrogens with one attached hydrogen (secondary N) is 1. The molecule has 0 bridgehead atoms. The molecule has 4 rings (SSSR count). The van der Waals surface area contributed by atoms with E-state index in [1.807, 2.05) is 32.9 Å². The molecule has 1 aliphatic rings. The number of anilines is 2. The molecule has 36 heavy (non-hydrogen) atoms. The molecule has 9 heteroatoms. The third-order valence-electron chi connectivity index (χ3n) is 6.94. The average molecular weight is 501 g/mol. The van der Waals surface area contributed by atoms with E-state index in [2.05, 4.69) is 15.3 Å². The lowest BCUT2D eigenvalue weighted by Crippen LogP contribution is -2.41. The van der Waals surface area contributed by atoms with Crippen molar-refractivity contribution in [3.63, 3.8) is 0 Å². The third kappa shape index (κ3) is 3.89. The molecule has 0 fully saturated rings. The van der Waals surface area contributed by atoms with E-state index in [9.17, 15) is 18.7 Å². The molecule has 1 aromatic heterocycles. The number of halogens is 3. The second-order valence-electron chi connectivity index (χ2n) is 10.4. The molecule has 0 aliphatic carbocycles. The highest BCUT2D eigenvalue weighted by Gasteiger charge is 2.49. The topological polar surface area (TPSA) is 78.4 Å². The lowest BCUT2D eigenvalue weighted by Gasteiger charge is -2.30. The molecule has 3 aromatic rings. The van der Waals surface area contributed by atoms with Crippen molar-refractivity contribution in [3.8, 4) is 0 Å². The molecule has 1 amide bonds. The minimum absolute atomic E-state index is 0.00511. The predicted octanol–water partition coefficient (Wildman–Crippen LogP) is 5.76. The molecule has 0 saturated heterocycles. The third-order valence-corrected chi connectivity index (χ3v) is 6.94. The minimum Gasteiger partial charge on any atom is -0.384 e. The summed E-state index contributed by atoms with van der Waals surface area (Å²) in [4.78, 5) is 23.7. The molecule has 192 valence electrons. The average Bonchev–Trinajstić information content (AvgIpc) is 2.96. The van der Waals surface area contributed by atoms with Gasteiger partial charge in [0.25, 0.3) is 0 Å². The smallest absolute Gasteiger partial charge is 0.303 e. The summed E-state index contributed by atoms with van der Waals surface area (Å²) in [7, 11) is 0. The Hall–Kier alpha value is -3.20. The van der Waals surface area contributed by atoms with Crippen LogP contribution in [-0.4, -0.2) is 33.1 Å².